The monoisotopic (exact) mass is 325 g/mol. The second kappa shape index (κ2) is 10.2. The normalized spacial score (nSPS) is 11.2. The zero-order chi connectivity index (χ0) is 16.3. The van der Waals surface area contributed by atoms with Crippen LogP contribution in [0.5, 0.6) is 0 Å². The van der Waals surface area contributed by atoms with Gasteiger partial charge < -0.3 is 18.5 Å². The molecule has 0 aromatic rings. The molecule has 21 heavy (non-hydrogen) atoms. The summed E-state index contributed by atoms with van der Waals surface area (Å²) in [7, 11) is -0.931. The van der Waals surface area contributed by atoms with E-state index in [0.29, 0.717) is 5.06 Å². The van der Waals surface area contributed by atoms with Gasteiger partial charge in [0.25, 0.3) is 0 Å². The van der Waals surface area contributed by atoms with E-state index in [0.717, 1.165) is 5.82 Å². The van der Waals surface area contributed by atoms with Crippen LogP contribution in [0.4, 0.5) is 9.59 Å². The topological polar surface area (TPSA) is 101 Å². The molecule has 0 fully saturated rings. The Labute approximate surface area is 123 Å². The van der Waals surface area contributed by atoms with Crippen LogP contribution in [-0.4, -0.2) is 51.3 Å². The maximum Gasteiger partial charge on any atom is 0.533 e. The summed E-state index contributed by atoms with van der Waals surface area (Å²) in [6.07, 6.45) is -0.662. The number of hydroxylamine groups is 2. The molecule has 1 amide bonds. The molecule has 122 valence electrons. The third-order valence-corrected chi connectivity index (χ3v) is 3.58. The number of ether oxygens (including phenoxy) is 2. The maximum absolute atomic E-state index is 11.8. The van der Waals surface area contributed by atoms with Gasteiger partial charge >= 0.3 is 19.8 Å². The molecule has 0 aliphatic carbocycles. The Hall–Kier alpha value is -1.57. The molecule has 0 aliphatic rings. The van der Waals surface area contributed by atoms with Crippen LogP contribution in [0.15, 0.2) is 11.9 Å². The zero-order valence-corrected chi connectivity index (χ0v) is 13.3. The molecule has 9 nitrogen and oxygen atoms in total. The minimum absolute atomic E-state index is 0.0912. The van der Waals surface area contributed by atoms with E-state index >= 15 is 0 Å². The Morgan fingerprint density at radius 3 is 2.14 bits per heavy atom. The summed E-state index contributed by atoms with van der Waals surface area (Å²) in [5.41, 5.74) is 0. The van der Waals surface area contributed by atoms with Gasteiger partial charge in [0, 0.05) is 20.0 Å². The van der Waals surface area contributed by atoms with Gasteiger partial charge in [-0.05, 0) is 13.8 Å². The van der Waals surface area contributed by atoms with Gasteiger partial charge in [0.1, 0.15) is 0 Å². The third kappa shape index (κ3) is 7.69. The number of hydrogen-bond donors (Lipinski definition) is 0. The summed E-state index contributed by atoms with van der Waals surface area (Å²) in [5, 5.41) is 0.619. The fourth-order valence-electron chi connectivity index (χ4n) is 1.05. The van der Waals surface area contributed by atoms with Gasteiger partial charge in [-0.25, -0.2) is 9.59 Å². The van der Waals surface area contributed by atoms with Crippen molar-refractivity contribution in [2.24, 2.45) is 0 Å². The van der Waals surface area contributed by atoms with E-state index < -0.39 is 19.8 Å². The molecule has 0 radical (unpaired) electrons. The fourth-order valence-corrected chi connectivity index (χ4v) is 1.79. The smallest absolute Gasteiger partial charge is 0.448 e. The minimum atomic E-state index is -3.36. The van der Waals surface area contributed by atoms with Gasteiger partial charge in [-0.15, -0.1) is 5.06 Å². The Bertz CT molecular complexity index is 403. The second-order valence-corrected chi connectivity index (χ2v) is 5.43. The van der Waals surface area contributed by atoms with E-state index in [-0.39, 0.29) is 19.8 Å². The van der Waals surface area contributed by atoms with E-state index in [4.69, 9.17) is 4.74 Å². The molecule has 0 saturated heterocycles. The number of nitrogens with zero attached hydrogens (tertiary/aromatic N) is 1. The Balaban J connectivity index is 4.75. The van der Waals surface area contributed by atoms with Crippen LogP contribution in [-0.2, 0) is 27.9 Å². The average molecular weight is 325 g/mol. The van der Waals surface area contributed by atoms with Crippen molar-refractivity contribution < 1.29 is 37.5 Å². The highest BCUT2D eigenvalue weighted by atomic mass is 31.2. The van der Waals surface area contributed by atoms with Crippen LogP contribution in [0.1, 0.15) is 13.8 Å². The molecule has 0 aromatic carbocycles. The zero-order valence-electron chi connectivity index (χ0n) is 12.4. The molecule has 0 spiro atoms. The SMILES string of the molecule is CCOC(=O)ON(CC=CP(=O)(OC)OC)C(=O)OCC. The van der Waals surface area contributed by atoms with Crippen molar-refractivity contribution in [3.8, 4) is 0 Å². The van der Waals surface area contributed by atoms with E-state index in [1.165, 1.54) is 20.3 Å². The standard InChI is InChI=1S/C11H20NO8P/c1-5-18-10(13)12(20-11(14)19-6-2)8-7-9-21(15,16-3)17-4/h7,9H,5-6,8H2,1-4H3. The molecule has 0 atom stereocenters. The lowest BCUT2D eigenvalue weighted by Crippen LogP contribution is -2.34. The van der Waals surface area contributed by atoms with Crippen LogP contribution in [0.2, 0.25) is 0 Å². The molecular weight excluding hydrogens is 305 g/mol. The molecule has 0 saturated carbocycles. The van der Waals surface area contributed by atoms with Crippen LogP contribution in [0.25, 0.3) is 0 Å². The van der Waals surface area contributed by atoms with E-state index in [2.05, 4.69) is 18.6 Å². The predicted molar refractivity (Wildman–Crippen MR) is 72.6 cm³/mol. The largest absolute Gasteiger partial charge is 0.533 e. The Morgan fingerprint density at radius 1 is 1.10 bits per heavy atom. The van der Waals surface area contributed by atoms with Gasteiger partial charge in [-0.2, -0.15) is 0 Å². The predicted octanol–water partition coefficient (Wildman–Crippen LogP) is 2.53. The fraction of sp³-hybridized carbons (Fsp3) is 0.636. The quantitative estimate of drug-likeness (QED) is 0.400. The molecular formula is C11H20NO8P. The summed E-state index contributed by atoms with van der Waals surface area (Å²) in [6, 6.07) is 0. The number of hydrogen-bond acceptors (Lipinski definition) is 8. The Kier molecular flexibility index (Phi) is 9.44. The lowest BCUT2D eigenvalue weighted by Gasteiger charge is -2.18. The lowest BCUT2D eigenvalue weighted by molar-refractivity contribution is -0.103. The highest BCUT2D eigenvalue weighted by Gasteiger charge is 2.21. The molecule has 0 aromatic heterocycles. The van der Waals surface area contributed by atoms with Gasteiger partial charge in [0.05, 0.1) is 19.8 Å². The molecule has 0 heterocycles. The van der Waals surface area contributed by atoms with Crippen LogP contribution in [0.3, 0.4) is 0 Å². The Morgan fingerprint density at radius 2 is 1.67 bits per heavy atom. The van der Waals surface area contributed by atoms with E-state index in [9.17, 15) is 14.2 Å². The first kappa shape index (κ1) is 19.4. The number of carbonyl (C=O) groups is 2. The van der Waals surface area contributed by atoms with E-state index in [1.54, 1.807) is 13.8 Å². The van der Waals surface area contributed by atoms with Crippen molar-refractivity contribution in [2.45, 2.75) is 13.8 Å². The van der Waals surface area contributed by atoms with Gasteiger partial charge in [-0.1, -0.05) is 6.08 Å². The van der Waals surface area contributed by atoms with Crippen molar-refractivity contribution in [1.82, 2.24) is 5.06 Å². The highest BCUT2D eigenvalue weighted by Crippen LogP contribution is 2.47. The van der Waals surface area contributed by atoms with Gasteiger partial charge in [0.2, 0.25) is 0 Å². The minimum Gasteiger partial charge on any atom is -0.448 e. The number of carbonyl (C=O) groups excluding carboxylic acids is 2. The summed E-state index contributed by atoms with van der Waals surface area (Å²) < 4.78 is 30.4. The van der Waals surface area contributed by atoms with Gasteiger partial charge in [0.15, 0.2) is 0 Å². The van der Waals surface area contributed by atoms with Crippen LogP contribution in [0, 0.1) is 0 Å². The average Bonchev–Trinajstić information content (AvgIpc) is 2.46. The second-order valence-electron chi connectivity index (χ2n) is 3.32. The molecule has 10 heteroatoms. The first-order chi connectivity index (χ1) is 9.92. The molecule has 0 bridgehead atoms. The van der Waals surface area contributed by atoms with Crippen molar-refractivity contribution in [2.75, 3.05) is 34.0 Å². The summed E-state index contributed by atoms with van der Waals surface area (Å²) in [4.78, 5) is 27.5. The van der Waals surface area contributed by atoms with Crippen molar-refractivity contribution in [3.05, 3.63) is 11.9 Å². The summed E-state index contributed by atoms with van der Waals surface area (Å²) in [5.74, 6) is 1.13. The van der Waals surface area contributed by atoms with E-state index in [1.807, 2.05) is 0 Å². The summed E-state index contributed by atoms with van der Waals surface area (Å²) >= 11 is 0. The molecule has 0 rings (SSSR count). The highest BCUT2D eigenvalue weighted by molar-refractivity contribution is 7.57. The van der Waals surface area contributed by atoms with Crippen molar-refractivity contribution in [3.63, 3.8) is 0 Å². The van der Waals surface area contributed by atoms with Crippen LogP contribution < -0.4 is 0 Å². The summed E-state index contributed by atoms with van der Waals surface area (Å²) in [6.45, 7) is 3.16. The van der Waals surface area contributed by atoms with Crippen molar-refractivity contribution in [1.29, 1.82) is 0 Å². The molecule has 0 unspecified atom stereocenters. The number of amides is 1. The lowest BCUT2D eigenvalue weighted by atomic mass is 10.6. The first-order valence-electron chi connectivity index (χ1n) is 6.10. The molecule has 0 aliphatic heterocycles. The third-order valence-electron chi connectivity index (χ3n) is 1.99. The number of rotatable bonds is 7. The van der Waals surface area contributed by atoms with Crippen LogP contribution >= 0.6 is 7.60 Å². The van der Waals surface area contributed by atoms with Crippen molar-refractivity contribution >= 4 is 19.8 Å². The molecule has 0 N–H and O–H groups in total. The maximum atomic E-state index is 11.8. The van der Waals surface area contributed by atoms with Gasteiger partial charge in [-0.3, -0.25) is 9.40 Å². The first-order valence-corrected chi connectivity index (χ1v) is 7.71.